The quantitative estimate of drug-likeness (QED) is 0.508. The third kappa shape index (κ3) is 0.870. The van der Waals surface area contributed by atoms with Gasteiger partial charge in [0.05, 0.1) is 0 Å². The third-order valence-corrected chi connectivity index (χ3v) is 3.31. The van der Waals surface area contributed by atoms with E-state index in [0.29, 0.717) is 10.8 Å². The first kappa shape index (κ1) is 5.99. The second-order valence-corrected chi connectivity index (χ2v) is 3.81. The zero-order chi connectivity index (χ0) is 6.32. The fourth-order valence-electron chi connectivity index (χ4n) is 1.74. The Bertz CT molecular complexity index is 118. The molecule has 1 aliphatic heterocycles. The normalized spacial score (nSPS) is 39.0. The molecule has 1 atom stereocenters. The van der Waals surface area contributed by atoms with E-state index in [0.717, 1.165) is 0 Å². The Morgan fingerprint density at radius 3 is 2.22 bits per heavy atom. The summed E-state index contributed by atoms with van der Waals surface area (Å²) in [5, 5.41) is 3.86. The number of piperidine rings is 1. The molecule has 0 aromatic carbocycles. The summed E-state index contributed by atoms with van der Waals surface area (Å²) in [6.45, 7) is 2.37. The highest BCUT2D eigenvalue weighted by Crippen LogP contribution is 2.56. The summed E-state index contributed by atoms with van der Waals surface area (Å²) >= 11 is 5.99. The van der Waals surface area contributed by atoms with Crippen LogP contribution < -0.4 is 5.32 Å². The van der Waals surface area contributed by atoms with Crippen LogP contribution in [0.15, 0.2) is 0 Å². The first-order valence-corrected chi connectivity index (χ1v) is 4.12. The van der Waals surface area contributed by atoms with Crippen LogP contribution in [0.1, 0.15) is 19.3 Å². The molecule has 1 saturated carbocycles. The summed E-state index contributed by atoms with van der Waals surface area (Å²) in [6, 6.07) is 0. The van der Waals surface area contributed by atoms with Gasteiger partial charge in [0.2, 0.25) is 0 Å². The molecule has 52 valence electrons. The Kier molecular flexibility index (Phi) is 1.24. The van der Waals surface area contributed by atoms with Crippen LogP contribution in [0, 0.1) is 5.41 Å². The summed E-state index contributed by atoms with van der Waals surface area (Å²) in [4.78, 5) is 0. The van der Waals surface area contributed by atoms with E-state index < -0.39 is 0 Å². The van der Waals surface area contributed by atoms with Crippen LogP contribution in [0.2, 0.25) is 0 Å². The number of alkyl halides is 1. The topological polar surface area (TPSA) is 12.0 Å². The summed E-state index contributed by atoms with van der Waals surface area (Å²) < 4.78 is 0. The van der Waals surface area contributed by atoms with Gasteiger partial charge in [-0.05, 0) is 37.8 Å². The lowest BCUT2D eigenvalue weighted by atomic mass is 9.95. The van der Waals surface area contributed by atoms with E-state index in [4.69, 9.17) is 11.6 Å². The Labute approximate surface area is 60.8 Å². The first-order valence-electron chi connectivity index (χ1n) is 3.68. The average molecular weight is 146 g/mol. The van der Waals surface area contributed by atoms with Crippen LogP contribution in [0.4, 0.5) is 0 Å². The van der Waals surface area contributed by atoms with Gasteiger partial charge in [-0.1, -0.05) is 0 Å². The van der Waals surface area contributed by atoms with Crippen LogP contribution in [0.5, 0.6) is 0 Å². The number of hydrogen-bond donors (Lipinski definition) is 1. The van der Waals surface area contributed by atoms with Crippen LogP contribution in [0.25, 0.3) is 0 Å². The lowest BCUT2D eigenvalue weighted by molar-refractivity contribution is 0.355. The lowest BCUT2D eigenvalue weighted by Gasteiger charge is -2.21. The number of halogens is 1. The van der Waals surface area contributed by atoms with Crippen molar-refractivity contribution in [3.63, 3.8) is 0 Å². The fraction of sp³-hybridized carbons (Fsp3) is 1.00. The standard InChI is InChI=1S/C7H12ClN/c8-6-5-7(6)1-3-9-4-2-7/h6,9H,1-5H2. The molecule has 1 aliphatic carbocycles. The minimum Gasteiger partial charge on any atom is -0.317 e. The fourth-order valence-corrected chi connectivity index (χ4v) is 2.27. The molecule has 2 aliphatic rings. The molecular weight excluding hydrogens is 134 g/mol. The molecule has 1 nitrogen and oxygen atoms in total. The van der Waals surface area contributed by atoms with Crippen LogP contribution in [-0.2, 0) is 0 Å². The smallest absolute Gasteiger partial charge is 0.0399 e. The molecule has 0 aromatic rings. The molecule has 9 heavy (non-hydrogen) atoms. The van der Waals surface area contributed by atoms with E-state index in [1.807, 2.05) is 0 Å². The Hall–Kier alpha value is 0.250. The summed E-state index contributed by atoms with van der Waals surface area (Å²) in [5.41, 5.74) is 0.590. The Morgan fingerprint density at radius 1 is 1.33 bits per heavy atom. The molecule has 0 amide bonds. The Morgan fingerprint density at radius 2 is 1.89 bits per heavy atom. The van der Waals surface area contributed by atoms with E-state index in [2.05, 4.69) is 5.32 Å². The number of rotatable bonds is 0. The zero-order valence-electron chi connectivity index (χ0n) is 5.49. The highest BCUT2D eigenvalue weighted by atomic mass is 35.5. The average Bonchev–Trinajstić information content (AvgIpc) is 2.44. The molecule has 0 aromatic heterocycles. The highest BCUT2D eigenvalue weighted by Gasteiger charge is 2.52. The van der Waals surface area contributed by atoms with E-state index in [9.17, 15) is 0 Å². The van der Waals surface area contributed by atoms with Crippen LogP contribution in [-0.4, -0.2) is 18.5 Å². The van der Waals surface area contributed by atoms with E-state index in [-0.39, 0.29) is 0 Å². The second-order valence-electron chi connectivity index (χ2n) is 3.28. The molecule has 1 spiro atoms. The van der Waals surface area contributed by atoms with Crippen LogP contribution in [0.3, 0.4) is 0 Å². The van der Waals surface area contributed by atoms with Crippen molar-refractivity contribution >= 4 is 11.6 Å². The summed E-state index contributed by atoms with van der Waals surface area (Å²) in [7, 11) is 0. The van der Waals surface area contributed by atoms with E-state index in [1.165, 1.54) is 32.4 Å². The molecule has 1 N–H and O–H groups in total. The van der Waals surface area contributed by atoms with E-state index >= 15 is 0 Å². The lowest BCUT2D eigenvalue weighted by Crippen LogP contribution is -2.29. The Balaban J connectivity index is 1.97. The number of nitrogens with one attached hydrogen (secondary N) is 1. The van der Waals surface area contributed by atoms with Crippen molar-refractivity contribution in [2.45, 2.75) is 24.6 Å². The highest BCUT2D eigenvalue weighted by molar-refractivity contribution is 6.23. The molecule has 1 heterocycles. The predicted molar refractivity (Wildman–Crippen MR) is 38.8 cm³/mol. The van der Waals surface area contributed by atoms with Gasteiger partial charge in [0.1, 0.15) is 0 Å². The maximum atomic E-state index is 5.99. The molecule has 0 bridgehead atoms. The van der Waals surface area contributed by atoms with Crippen molar-refractivity contribution < 1.29 is 0 Å². The monoisotopic (exact) mass is 145 g/mol. The molecule has 1 unspecified atom stereocenters. The van der Waals surface area contributed by atoms with Gasteiger partial charge in [-0.2, -0.15) is 0 Å². The predicted octanol–water partition coefficient (Wildman–Crippen LogP) is 1.37. The molecule has 1 saturated heterocycles. The SMILES string of the molecule is ClC1CC12CCNCC2. The van der Waals surface area contributed by atoms with Crippen molar-refractivity contribution in [1.29, 1.82) is 0 Å². The largest absolute Gasteiger partial charge is 0.317 e. The van der Waals surface area contributed by atoms with Gasteiger partial charge in [-0.3, -0.25) is 0 Å². The molecule has 2 heteroatoms. The molecular formula is C7H12ClN. The van der Waals surface area contributed by atoms with Crippen molar-refractivity contribution in [2.75, 3.05) is 13.1 Å². The first-order chi connectivity index (χ1) is 4.33. The van der Waals surface area contributed by atoms with Gasteiger partial charge in [-0.15, -0.1) is 11.6 Å². The van der Waals surface area contributed by atoms with Crippen molar-refractivity contribution in [1.82, 2.24) is 5.32 Å². The van der Waals surface area contributed by atoms with Crippen molar-refractivity contribution in [3.05, 3.63) is 0 Å². The minimum atomic E-state index is 0.514. The maximum absolute atomic E-state index is 5.99. The summed E-state index contributed by atoms with van der Waals surface area (Å²) in [5.74, 6) is 0. The van der Waals surface area contributed by atoms with Gasteiger partial charge in [0, 0.05) is 5.38 Å². The number of hydrogen-bond acceptors (Lipinski definition) is 1. The third-order valence-electron chi connectivity index (χ3n) is 2.69. The van der Waals surface area contributed by atoms with Gasteiger partial charge >= 0.3 is 0 Å². The van der Waals surface area contributed by atoms with Crippen molar-refractivity contribution in [2.24, 2.45) is 5.41 Å². The zero-order valence-corrected chi connectivity index (χ0v) is 6.25. The molecule has 2 fully saturated rings. The van der Waals surface area contributed by atoms with Gasteiger partial charge in [0.15, 0.2) is 0 Å². The van der Waals surface area contributed by atoms with Crippen LogP contribution >= 0.6 is 11.6 Å². The van der Waals surface area contributed by atoms with Gasteiger partial charge in [0.25, 0.3) is 0 Å². The van der Waals surface area contributed by atoms with Crippen molar-refractivity contribution in [3.8, 4) is 0 Å². The van der Waals surface area contributed by atoms with Gasteiger partial charge < -0.3 is 5.32 Å². The maximum Gasteiger partial charge on any atom is 0.0399 e. The minimum absolute atomic E-state index is 0.514. The van der Waals surface area contributed by atoms with E-state index in [1.54, 1.807) is 0 Å². The second kappa shape index (κ2) is 1.86. The summed E-state index contributed by atoms with van der Waals surface area (Å²) in [6.07, 6.45) is 3.89. The molecule has 2 rings (SSSR count). The van der Waals surface area contributed by atoms with Gasteiger partial charge in [-0.25, -0.2) is 0 Å². The molecule has 0 radical (unpaired) electrons.